The molecule has 0 aromatic heterocycles. The molecule has 20 heavy (non-hydrogen) atoms. The monoisotopic (exact) mass is 305 g/mol. The number of nitrogens with zero attached hydrogens (tertiary/aromatic N) is 1. The van der Waals surface area contributed by atoms with E-state index >= 15 is 0 Å². The van der Waals surface area contributed by atoms with E-state index in [1.165, 1.54) is 6.92 Å². The van der Waals surface area contributed by atoms with Gasteiger partial charge in [0.05, 0.1) is 17.1 Å². The molecule has 0 fully saturated rings. The fourth-order valence-electron chi connectivity index (χ4n) is 1.75. The van der Waals surface area contributed by atoms with E-state index in [-0.39, 0.29) is 30.2 Å². The van der Waals surface area contributed by atoms with Gasteiger partial charge in [-0.15, -0.1) is 0 Å². The van der Waals surface area contributed by atoms with Crippen molar-refractivity contribution < 1.29 is 27.8 Å². The Morgan fingerprint density at radius 3 is 2.45 bits per heavy atom. The molecule has 0 heterocycles. The number of benzene rings is 1. The van der Waals surface area contributed by atoms with Crippen LogP contribution in [0.3, 0.4) is 0 Å². The lowest BCUT2D eigenvalue weighted by atomic mass is 10.1. The predicted molar refractivity (Wildman–Crippen MR) is 69.6 cm³/mol. The predicted octanol–water partition coefficient (Wildman–Crippen LogP) is 0.835. The van der Waals surface area contributed by atoms with E-state index in [1.54, 1.807) is 6.92 Å². The second-order valence-electron chi connectivity index (χ2n) is 4.13. The fraction of sp³-hybridized carbons (Fsp3) is 0.417. The van der Waals surface area contributed by atoms with Gasteiger partial charge in [-0.2, -0.15) is 4.31 Å². The third-order valence-corrected chi connectivity index (χ3v) is 4.75. The molecule has 112 valence electrons. The Morgan fingerprint density at radius 1 is 1.40 bits per heavy atom. The quantitative estimate of drug-likeness (QED) is 0.812. The number of aliphatic hydroxyl groups is 1. The van der Waals surface area contributed by atoms with E-state index in [4.69, 9.17) is 10.2 Å². The first-order chi connectivity index (χ1) is 9.25. The average molecular weight is 305 g/mol. The molecule has 0 atom stereocenters. The van der Waals surface area contributed by atoms with Crippen LogP contribution in [-0.2, 0) is 10.0 Å². The molecule has 0 bridgehead atoms. The Hall–Kier alpha value is -1.51. The second kappa shape index (κ2) is 6.29. The highest BCUT2D eigenvalue weighted by molar-refractivity contribution is 7.89. The summed E-state index contributed by atoms with van der Waals surface area (Å²) >= 11 is 0. The van der Waals surface area contributed by atoms with Crippen LogP contribution in [0.4, 0.5) is 4.39 Å². The van der Waals surface area contributed by atoms with Gasteiger partial charge in [-0.05, 0) is 24.6 Å². The van der Waals surface area contributed by atoms with Crippen molar-refractivity contribution >= 4 is 16.0 Å². The van der Waals surface area contributed by atoms with Crippen molar-refractivity contribution in [1.82, 2.24) is 4.31 Å². The van der Waals surface area contributed by atoms with E-state index in [9.17, 15) is 17.6 Å². The highest BCUT2D eigenvalue weighted by atomic mass is 32.2. The lowest BCUT2D eigenvalue weighted by Crippen LogP contribution is -2.33. The van der Waals surface area contributed by atoms with Crippen LogP contribution in [0.1, 0.15) is 22.8 Å². The molecule has 1 rings (SSSR count). The maximum Gasteiger partial charge on any atom is 0.338 e. The summed E-state index contributed by atoms with van der Waals surface area (Å²) in [7, 11) is -3.97. The Morgan fingerprint density at radius 2 is 2.00 bits per heavy atom. The molecule has 0 radical (unpaired) electrons. The molecule has 0 saturated heterocycles. The smallest absolute Gasteiger partial charge is 0.338 e. The number of aryl methyl sites for hydroxylation is 1. The molecule has 0 spiro atoms. The molecule has 0 amide bonds. The molecular formula is C12H16FNO5S. The number of hydrogen-bond acceptors (Lipinski definition) is 4. The van der Waals surface area contributed by atoms with Gasteiger partial charge in [0.2, 0.25) is 10.0 Å². The van der Waals surface area contributed by atoms with Crippen molar-refractivity contribution in [3.63, 3.8) is 0 Å². The van der Waals surface area contributed by atoms with Gasteiger partial charge in [0.1, 0.15) is 5.82 Å². The highest BCUT2D eigenvalue weighted by Gasteiger charge is 2.26. The van der Waals surface area contributed by atoms with Crippen molar-refractivity contribution in [3.05, 3.63) is 29.1 Å². The van der Waals surface area contributed by atoms with Gasteiger partial charge in [0, 0.05) is 13.1 Å². The molecule has 0 unspecified atom stereocenters. The largest absolute Gasteiger partial charge is 0.478 e. The Labute approximate surface area is 116 Å². The van der Waals surface area contributed by atoms with Crippen LogP contribution in [0.25, 0.3) is 0 Å². The lowest BCUT2D eigenvalue weighted by Gasteiger charge is -2.20. The standard InChI is InChI=1S/C12H16FNO5S/c1-3-14(4-5-15)20(18,19)9-6-8(2)11(13)10(7-9)12(16)17/h6-7,15H,3-5H2,1-2H3,(H,16,17). The van der Waals surface area contributed by atoms with Gasteiger partial charge in [0.15, 0.2) is 0 Å². The molecular weight excluding hydrogens is 289 g/mol. The molecule has 1 aromatic rings. The van der Waals surface area contributed by atoms with Gasteiger partial charge in [-0.1, -0.05) is 6.92 Å². The maximum atomic E-state index is 13.6. The summed E-state index contributed by atoms with van der Waals surface area (Å²) in [6.45, 7) is 2.52. The van der Waals surface area contributed by atoms with Crippen LogP contribution < -0.4 is 0 Å². The van der Waals surface area contributed by atoms with Crippen LogP contribution in [-0.4, -0.2) is 48.6 Å². The van der Waals surface area contributed by atoms with Gasteiger partial charge in [-0.25, -0.2) is 17.6 Å². The Bertz CT molecular complexity index is 615. The summed E-state index contributed by atoms with van der Waals surface area (Å²) in [5.74, 6) is -2.49. The van der Waals surface area contributed by atoms with Crippen molar-refractivity contribution in [3.8, 4) is 0 Å². The molecule has 1 aromatic carbocycles. The number of aromatic carboxylic acids is 1. The number of hydrogen-bond donors (Lipinski definition) is 2. The number of sulfonamides is 1. The molecule has 0 aliphatic carbocycles. The topological polar surface area (TPSA) is 94.9 Å². The first-order valence-corrected chi connectivity index (χ1v) is 7.34. The van der Waals surface area contributed by atoms with Gasteiger partial charge >= 0.3 is 5.97 Å². The highest BCUT2D eigenvalue weighted by Crippen LogP contribution is 2.22. The van der Waals surface area contributed by atoms with Crippen molar-refractivity contribution in [1.29, 1.82) is 0 Å². The van der Waals surface area contributed by atoms with Gasteiger partial charge in [0.25, 0.3) is 0 Å². The molecule has 2 N–H and O–H groups in total. The zero-order chi connectivity index (χ0) is 15.5. The summed E-state index contributed by atoms with van der Waals surface area (Å²) in [4.78, 5) is 10.6. The first kappa shape index (κ1) is 16.5. The Balaban J connectivity index is 3.43. The van der Waals surface area contributed by atoms with Gasteiger partial charge < -0.3 is 10.2 Å². The fourth-order valence-corrected chi connectivity index (χ4v) is 3.30. The van der Waals surface area contributed by atoms with E-state index in [2.05, 4.69) is 0 Å². The van der Waals surface area contributed by atoms with Crippen molar-refractivity contribution in [2.75, 3.05) is 19.7 Å². The molecule has 6 nitrogen and oxygen atoms in total. The molecule has 0 aliphatic rings. The third kappa shape index (κ3) is 3.14. The van der Waals surface area contributed by atoms with E-state index < -0.39 is 27.4 Å². The number of rotatable bonds is 6. The van der Waals surface area contributed by atoms with Crippen LogP contribution in [0, 0.1) is 12.7 Å². The van der Waals surface area contributed by atoms with Crippen LogP contribution in [0.2, 0.25) is 0 Å². The lowest BCUT2D eigenvalue weighted by molar-refractivity contribution is 0.0691. The average Bonchev–Trinajstić information content (AvgIpc) is 2.38. The number of carboxylic acid groups (broad SMARTS) is 1. The molecule has 0 aliphatic heterocycles. The maximum absolute atomic E-state index is 13.6. The number of halogens is 1. The zero-order valence-electron chi connectivity index (χ0n) is 11.1. The summed E-state index contributed by atoms with van der Waals surface area (Å²) in [6, 6.07) is 1.87. The number of aliphatic hydroxyl groups excluding tert-OH is 1. The van der Waals surface area contributed by atoms with Crippen molar-refractivity contribution in [2.45, 2.75) is 18.7 Å². The molecule has 8 heteroatoms. The second-order valence-corrected chi connectivity index (χ2v) is 6.07. The first-order valence-electron chi connectivity index (χ1n) is 5.90. The van der Waals surface area contributed by atoms with E-state index in [0.717, 1.165) is 16.4 Å². The minimum Gasteiger partial charge on any atom is -0.478 e. The normalized spacial score (nSPS) is 11.8. The zero-order valence-corrected chi connectivity index (χ0v) is 11.9. The summed E-state index contributed by atoms with van der Waals surface area (Å²) in [6.07, 6.45) is 0. The van der Waals surface area contributed by atoms with Gasteiger partial charge in [-0.3, -0.25) is 0 Å². The summed E-state index contributed by atoms with van der Waals surface area (Å²) in [5.41, 5.74) is -0.757. The van der Waals surface area contributed by atoms with Crippen LogP contribution in [0.15, 0.2) is 17.0 Å². The van der Waals surface area contributed by atoms with Crippen LogP contribution in [0.5, 0.6) is 0 Å². The Kier molecular flexibility index (Phi) is 5.21. The number of likely N-dealkylation sites (N-methyl/N-ethyl adjacent to an activating group) is 1. The number of carbonyl (C=O) groups is 1. The SMILES string of the molecule is CCN(CCO)S(=O)(=O)c1cc(C)c(F)c(C(=O)O)c1. The minimum absolute atomic E-state index is 0.0662. The summed E-state index contributed by atoms with van der Waals surface area (Å²) in [5, 5.41) is 17.8. The van der Waals surface area contributed by atoms with E-state index in [1.807, 2.05) is 0 Å². The third-order valence-electron chi connectivity index (χ3n) is 2.80. The van der Waals surface area contributed by atoms with Crippen molar-refractivity contribution in [2.24, 2.45) is 0 Å². The van der Waals surface area contributed by atoms with E-state index in [0.29, 0.717) is 0 Å². The summed E-state index contributed by atoms with van der Waals surface area (Å²) < 4.78 is 39.2. The minimum atomic E-state index is -3.97. The number of carboxylic acids is 1. The molecule has 0 saturated carbocycles. The van der Waals surface area contributed by atoms with Crippen LogP contribution >= 0.6 is 0 Å².